The maximum absolute atomic E-state index is 12.9. The number of rotatable bonds is 5. The van der Waals surface area contributed by atoms with Crippen LogP contribution in [-0.4, -0.2) is 5.11 Å². The summed E-state index contributed by atoms with van der Waals surface area (Å²) in [5.41, 5.74) is 3.03. The molecule has 0 aliphatic heterocycles. The maximum atomic E-state index is 12.9. The molecule has 4 heteroatoms. The molecule has 100 valence electrons. The van der Waals surface area contributed by atoms with Gasteiger partial charge in [0.05, 0.1) is 6.61 Å². The molecule has 2 aromatic carbocycles. The van der Waals surface area contributed by atoms with Gasteiger partial charge in [-0.3, -0.25) is 0 Å². The van der Waals surface area contributed by atoms with E-state index in [0.717, 1.165) is 21.2 Å². The number of nitrogens with one attached hydrogen (secondary N) is 1. The van der Waals surface area contributed by atoms with Gasteiger partial charge in [0.15, 0.2) is 0 Å². The molecule has 0 spiro atoms. The van der Waals surface area contributed by atoms with Gasteiger partial charge in [-0.15, -0.1) is 0 Å². The standard InChI is InChI=1S/C15H15BrFNO/c16-15-7-14(17)5-4-13(15)9-18-8-11-2-1-3-12(6-11)10-19/h1-7,18-19H,8-10H2. The van der Waals surface area contributed by atoms with Gasteiger partial charge in [-0.05, 0) is 28.8 Å². The fraction of sp³-hybridized carbons (Fsp3) is 0.200. The van der Waals surface area contributed by atoms with Gasteiger partial charge in [0.2, 0.25) is 0 Å². The van der Waals surface area contributed by atoms with Crippen molar-refractivity contribution in [2.24, 2.45) is 0 Å². The van der Waals surface area contributed by atoms with Crippen LogP contribution in [0.2, 0.25) is 0 Å². The smallest absolute Gasteiger partial charge is 0.124 e. The summed E-state index contributed by atoms with van der Waals surface area (Å²) >= 11 is 3.34. The van der Waals surface area contributed by atoms with Crippen LogP contribution in [-0.2, 0) is 19.7 Å². The molecule has 2 N–H and O–H groups in total. The second kappa shape index (κ2) is 6.80. The molecule has 0 amide bonds. The Bertz CT molecular complexity index is 560. The molecule has 0 unspecified atom stereocenters. The Labute approximate surface area is 120 Å². The molecule has 0 saturated carbocycles. The van der Waals surface area contributed by atoms with Crippen molar-refractivity contribution in [3.8, 4) is 0 Å². The summed E-state index contributed by atoms with van der Waals surface area (Å²) in [6.45, 7) is 1.42. The first-order valence-corrected chi connectivity index (χ1v) is 6.81. The van der Waals surface area contributed by atoms with Crippen molar-refractivity contribution in [3.05, 3.63) is 69.4 Å². The largest absolute Gasteiger partial charge is 0.392 e. The Hall–Kier alpha value is -1.23. The lowest BCUT2D eigenvalue weighted by atomic mass is 10.1. The van der Waals surface area contributed by atoms with Crippen molar-refractivity contribution in [2.45, 2.75) is 19.7 Å². The van der Waals surface area contributed by atoms with Crippen LogP contribution in [0.25, 0.3) is 0 Å². The summed E-state index contributed by atoms with van der Waals surface area (Å²) in [6.07, 6.45) is 0. The van der Waals surface area contributed by atoms with Crippen molar-refractivity contribution in [1.29, 1.82) is 0 Å². The van der Waals surface area contributed by atoms with E-state index in [0.29, 0.717) is 13.1 Å². The molecule has 0 atom stereocenters. The summed E-state index contributed by atoms with van der Waals surface area (Å²) in [7, 11) is 0. The number of hydrogen-bond donors (Lipinski definition) is 2. The molecule has 2 aromatic rings. The highest BCUT2D eigenvalue weighted by atomic mass is 79.9. The average Bonchev–Trinajstić information content (AvgIpc) is 2.41. The summed E-state index contributed by atoms with van der Waals surface area (Å²) < 4.78 is 13.7. The van der Waals surface area contributed by atoms with Gasteiger partial charge >= 0.3 is 0 Å². The van der Waals surface area contributed by atoms with Crippen LogP contribution in [0, 0.1) is 5.82 Å². The quantitative estimate of drug-likeness (QED) is 0.884. The van der Waals surface area contributed by atoms with Crippen molar-refractivity contribution in [3.63, 3.8) is 0 Å². The van der Waals surface area contributed by atoms with Crippen LogP contribution < -0.4 is 5.32 Å². The first-order chi connectivity index (χ1) is 9.19. The third kappa shape index (κ3) is 4.13. The molecule has 2 nitrogen and oxygen atoms in total. The van der Waals surface area contributed by atoms with Crippen LogP contribution in [0.5, 0.6) is 0 Å². The first-order valence-electron chi connectivity index (χ1n) is 6.02. The summed E-state index contributed by atoms with van der Waals surface area (Å²) in [4.78, 5) is 0. The topological polar surface area (TPSA) is 32.3 Å². The SMILES string of the molecule is OCc1cccc(CNCc2ccc(F)cc2Br)c1. The highest BCUT2D eigenvalue weighted by molar-refractivity contribution is 9.10. The fourth-order valence-corrected chi connectivity index (χ4v) is 2.34. The molecule has 2 rings (SSSR count). The predicted octanol–water partition coefficient (Wildman–Crippen LogP) is 3.37. The van der Waals surface area contributed by atoms with E-state index < -0.39 is 0 Å². The molecular weight excluding hydrogens is 309 g/mol. The van der Waals surface area contributed by atoms with Gasteiger partial charge in [-0.2, -0.15) is 0 Å². The number of halogens is 2. The molecule has 0 radical (unpaired) electrons. The average molecular weight is 324 g/mol. The van der Waals surface area contributed by atoms with Crippen LogP contribution in [0.15, 0.2) is 46.9 Å². The molecule has 19 heavy (non-hydrogen) atoms. The second-order valence-electron chi connectivity index (χ2n) is 4.32. The van der Waals surface area contributed by atoms with Gasteiger partial charge in [-0.1, -0.05) is 46.3 Å². The normalized spacial score (nSPS) is 10.7. The van der Waals surface area contributed by atoms with Crippen LogP contribution in [0.4, 0.5) is 4.39 Å². The molecular formula is C15H15BrFNO. The minimum atomic E-state index is -0.244. The Balaban J connectivity index is 1.92. The lowest BCUT2D eigenvalue weighted by Crippen LogP contribution is -2.13. The molecule has 0 heterocycles. The summed E-state index contributed by atoms with van der Waals surface area (Å²) in [6, 6.07) is 12.5. The zero-order valence-electron chi connectivity index (χ0n) is 10.4. The zero-order chi connectivity index (χ0) is 13.7. The second-order valence-corrected chi connectivity index (χ2v) is 5.17. The predicted molar refractivity (Wildman–Crippen MR) is 77.0 cm³/mol. The van der Waals surface area contributed by atoms with Crippen molar-refractivity contribution < 1.29 is 9.50 Å². The van der Waals surface area contributed by atoms with Gasteiger partial charge in [0.1, 0.15) is 5.82 Å². The van der Waals surface area contributed by atoms with E-state index in [-0.39, 0.29) is 12.4 Å². The highest BCUT2D eigenvalue weighted by Gasteiger charge is 2.01. The third-order valence-electron chi connectivity index (χ3n) is 2.83. The first kappa shape index (κ1) is 14.2. The van der Waals surface area contributed by atoms with Gasteiger partial charge < -0.3 is 10.4 Å². The Morgan fingerprint density at radius 3 is 2.58 bits per heavy atom. The number of aliphatic hydroxyl groups excluding tert-OH is 1. The number of hydrogen-bond acceptors (Lipinski definition) is 2. The van der Waals surface area contributed by atoms with E-state index in [1.54, 1.807) is 6.07 Å². The van der Waals surface area contributed by atoms with Crippen LogP contribution >= 0.6 is 15.9 Å². The Morgan fingerprint density at radius 1 is 1.05 bits per heavy atom. The molecule has 0 aliphatic carbocycles. The van der Waals surface area contributed by atoms with Crippen LogP contribution in [0.3, 0.4) is 0 Å². The van der Waals surface area contributed by atoms with E-state index in [9.17, 15) is 4.39 Å². The van der Waals surface area contributed by atoms with E-state index in [2.05, 4.69) is 21.2 Å². The van der Waals surface area contributed by atoms with Gasteiger partial charge in [-0.25, -0.2) is 4.39 Å². The molecule has 0 bridgehead atoms. The summed E-state index contributed by atoms with van der Waals surface area (Å²) in [5, 5.41) is 12.4. The third-order valence-corrected chi connectivity index (χ3v) is 3.57. The fourth-order valence-electron chi connectivity index (χ4n) is 1.84. The molecule has 0 aliphatic rings. The van der Waals surface area contributed by atoms with E-state index in [1.807, 2.05) is 24.3 Å². The lowest BCUT2D eigenvalue weighted by molar-refractivity contribution is 0.281. The number of aliphatic hydroxyl groups is 1. The number of benzene rings is 2. The molecule has 0 saturated heterocycles. The van der Waals surface area contributed by atoms with Gasteiger partial charge in [0, 0.05) is 17.6 Å². The van der Waals surface area contributed by atoms with E-state index in [1.165, 1.54) is 12.1 Å². The van der Waals surface area contributed by atoms with E-state index >= 15 is 0 Å². The monoisotopic (exact) mass is 323 g/mol. The minimum absolute atomic E-state index is 0.0529. The summed E-state index contributed by atoms with van der Waals surface area (Å²) in [5.74, 6) is -0.244. The Morgan fingerprint density at radius 2 is 1.84 bits per heavy atom. The highest BCUT2D eigenvalue weighted by Crippen LogP contribution is 2.17. The minimum Gasteiger partial charge on any atom is -0.392 e. The molecule has 0 aromatic heterocycles. The van der Waals surface area contributed by atoms with Crippen molar-refractivity contribution in [1.82, 2.24) is 5.32 Å². The Kier molecular flexibility index (Phi) is 5.07. The zero-order valence-corrected chi connectivity index (χ0v) is 12.0. The van der Waals surface area contributed by atoms with Gasteiger partial charge in [0.25, 0.3) is 0 Å². The van der Waals surface area contributed by atoms with Crippen molar-refractivity contribution >= 4 is 15.9 Å². The van der Waals surface area contributed by atoms with E-state index in [4.69, 9.17) is 5.11 Å². The lowest BCUT2D eigenvalue weighted by Gasteiger charge is -2.08. The maximum Gasteiger partial charge on any atom is 0.124 e. The van der Waals surface area contributed by atoms with Crippen LogP contribution in [0.1, 0.15) is 16.7 Å². The van der Waals surface area contributed by atoms with Crippen molar-refractivity contribution in [2.75, 3.05) is 0 Å². The molecule has 0 fully saturated rings.